The van der Waals surface area contributed by atoms with Gasteiger partial charge in [-0.15, -0.1) is 6.58 Å². The average Bonchev–Trinajstić information content (AvgIpc) is 2.19. The fourth-order valence-electron chi connectivity index (χ4n) is 1.02. The highest BCUT2D eigenvalue weighted by Crippen LogP contribution is 2.09. The third-order valence-corrected chi connectivity index (χ3v) is 2.16. The van der Waals surface area contributed by atoms with E-state index in [9.17, 15) is 4.79 Å². The van der Waals surface area contributed by atoms with Gasteiger partial charge in [-0.3, -0.25) is 4.79 Å². The molecule has 2 heteroatoms. The molecule has 0 saturated carbocycles. The molecular formula is C11H12OS. The summed E-state index contributed by atoms with van der Waals surface area (Å²) in [6.45, 7) is 3.58. The Hall–Kier alpha value is -1.02. The summed E-state index contributed by atoms with van der Waals surface area (Å²) < 4.78 is 0. The van der Waals surface area contributed by atoms with Crippen molar-refractivity contribution in [1.82, 2.24) is 0 Å². The molecule has 0 saturated heterocycles. The molecule has 1 rings (SSSR count). The zero-order valence-electron chi connectivity index (χ0n) is 7.31. The number of carbonyl (C=O) groups excluding carboxylic acids is 1. The molecule has 1 unspecified atom stereocenters. The summed E-state index contributed by atoms with van der Waals surface area (Å²) >= 11 is 4.18. The zero-order chi connectivity index (χ0) is 9.68. The molecule has 1 atom stereocenters. The van der Waals surface area contributed by atoms with Crippen LogP contribution in [0.2, 0.25) is 0 Å². The van der Waals surface area contributed by atoms with Gasteiger partial charge in [0.25, 0.3) is 0 Å². The van der Waals surface area contributed by atoms with Crippen LogP contribution in [0, 0.1) is 0 Å². The van der Waals surface area contributed by atoms with E-state index in [-0.39, 0.29) is 11.0 Å². The van der Waals surface area contributed by atoms with Crippen LogP contribution in [0.25, 0.3) is 0 Å². The number of benzene rings is 1. The maximum absolute atomic E-state index is 11.5. The molecule has 0 radical (unpaired) electrons. The lowest BCUT2D eigenvalue weighted by Gasteiger charge is -2.03. The Morgan fingerprint density at radius 2 is 2.08 bits per heavy atom. The summed E-state index contributed by atoms with van der Waals surface area (Å²) in [5.74, 6) is 0.112. The van der Waals surface area contributed by atoms with Crippen molar-refractivity contribution in [1.29, 1.82) is 0 Å². The Morgan fingerprint density at radius 3 is 2.62 bits per heavy atom. The van der Waals surface area contributed by atoms with Crippen molar-refractivity contribution in [3.05, 3.63) is 48.6 Å². The molecule has 0 spiro atoms. The van der Waals surface area contributed by atoms with Gasteiger partial charge >= 0.3 is 0 Å². The van der Waals surface area contributed by atoms with Crippen LogP contribution in [0.5, 0.6) is 0 Å². The Morgan fingerprint density at radius 1 is 1.46 bits per heavy atom. The van der Waals surface area contributed by atoms with Gasteiger partial charge in [0.2, 0.25) is 0 Å². The predicted molar refractivity (Wildman–Crippen MR) is 58.4 cm³/mol. The van der Waals surface area contributed by atoms with Crippen LogP contribution in [0.4, 0.5) is 0 Å². The lowest BCUT2D eigenvalue weighted by molar-refractivity contribution is 0.0985. The van der Waals surface area contributed by atoms with E-state index in [0.717, 1.165) is 5.56 Å². The number of carbonyl (C=O) groups is 1. The van der Waals surface area contributed by atoms with Crippen LogP contribution in [-0.4, -0.2) is 11.0 Å². The molecule has 0 amide bonds. The van der Waals surface area contributed by atoms with E-state index in [1.807, 2.05) is 30.3 Å². The quantitative estimate of drug-likeness (QED) is 0.441. The number of hydrogen-bond donors (Lipinski definition) is 1. The van der Waals surface area contributed by atoms with Gasteiger partial charge in [-0.05, 0) is 0 Å². The van der Waals surface area contributed by atoms with Crippen LogP contribution < -0.4 is 0 Å². The lowest BCUT2D eigenvalue weighted by Crippen LogP contribution is -2.05. The molecule has 0 heterocycles. The van der Waals surface area contributed by atoms with Gasteiger partial charge in [-0.2, -0.15) is 12.6 Å². The number of rotatable bonds is 4. The molecule has 0 bridgehead atoms. The first-order valence-corrected chi connectivity index (χ1v) is 4.64. The molecule has 68 valence electrons. The standard InChI is InChI=1S/C11H12OS/c1-2-10(13)8-11(12)9-6-4-3-5-7-9/h2-7,10,13H,1,8H2. The summed E-state index contributed by atoms with van der Waals surface area (Å²) in [5.41, 5.74) is 0.739. The molecule has 1 nitrogen and oxygen atoms in total. The molecule has 0 aliphatic carbocycles. The Kier molecular flexibility index (Phi) is 3.77. The molecule has 0 aromatic heterocycles. The molecule has 0 aliphatic heterocycles. The van der Waals surface area contributed by atoms with Gasteiger partial charge < -0.3 is 0 Å². The zero-order valence-corrected chi connectivity index (χ0v) is 8.21. The molecule has 0 N–H and O–H groups in total. The van der Waals surface area contributed by atoms with Gasteiger partial charge in [0, 0.05) is 17.2 Å². The van der Waals surface area contributed by atoms with Crippen molar-refractivity contribution in [3.8, 4) is 0 Å². The average molecular weight is 192 g/mol. The van der Waals surface area contributed by atoms with E-state index in [1.54, 1.807) is 6.08 Å². The fourth-order valence-corrected chi connectivity index (χ4v) is 1.18. The van der Waals surface area contributed by atoms with Crippen molar-refractivity contribution in [3.63, 3.8) is 0 Å². The van der Waals surface area contributed by atoms with Gasteiger partial charge in [0.15, 0.2) is 5.78 Å². The van der Waals surface area contributed by atoms with Crippen molar-refractivity contribution in [2.75, 3.05) is 0 Å². The van der Waals surface area contributed by atoms with Crippen LogP contribution in [-0.2, 0) is 0 Å². The molecule has 0 fully saturated rings. The minimum atomic E-state index is -0.0484. The second-order valence-corrected chi connectivity index (χ2v) is 3.46. The second-order valence-electron chi connectivity index (χ2n) is 2.80. The number of ketones is 1. The SMILES string of the molecule is C=CC(S)CC(=O)c1ccccc1. The van der Waals surface area contributed by atoms with Crippen LogP contribution in [0.1, 0.15) is 16.8 Å². The molecular weight excluding hydrogens is 180 g/mol. The third-order valence-electron chi connectivity index (χ3n) is 1.76. The monoisotopic (exact) mass is 192 g/mol. The van der Waals surface area contributed by atoms with E-state index in [1.165, 1.54) is 0 Å². The van der Waals surface area contributed by atoms with Crippen molar-refractivity contribution >= 4 is 18.4 Å². The van der Waals surface area contributed by atoms with Crippen molar-refractivity contribution in [2.24, 2.45) is 0 Å². The first kappa shape index (κ1) is 10.1. The summed E-state index contributed by atoms with van der Waals surface area (Å²) in [5, 5.41) is -0.0484. The lowest BCUT2D eigenvalue weighted by atomic mass is 10.1. The number of hydrogen-bond acceptors (Lipinski definition) is 2. The second kappa shape index (κ2) is 4.87. The first-order valence-electron chi connectivity index (χ1n) is 4.13. The van der Waals surface area contributed by atoms with E-state index in [4.69, 9.17) is 0 Å². The number of Topliss-reactive ketones (excluding diaryl/α,β-unsaturated/α-hetero) is 1. The van der Waals surface area contributed by atoms with Crippen molar-refractivity contribution < 1.29 is 4.79 Å². The summed E-state index contributed by atoms with van der Waals surface area (Å²) in [7, 11) is 0. The van der Waals surface area contributed by atoms with E-state index in [2.05, 4.69) is 19.2 Å². The third kappa shape index (κ3) is 3.07. The smallest absolute Gasteiger partial charge is 0.164 e. The highest BCUT2D eigenvalue weighted by molar-refractivity contribution is 7.81. The number of thiol groups is 1. The molecule has 1 aromatic rings. The van der Waals surface area contributed by atoms with Gasteiger partial charge in [0.1, 0.15) is 0 Å². The van der Waals surface area contributed by atoms with Crippen LogP contribution >= 0.6 is 12.6 Å². The maximum Gasteiger partial charge on any atom is 0.164 e. The minimum Gasteiger partial charge on any atom is -0.294 e. The van der Waals surface area contributed by atoms with Gasteiger partial charge in [0.05, 0.1) is 0 Å². The Labute approximate surface area is 83.9 Å². The Bertz CT molecular complexity index is 292. The first-order chi connectivity index (χ1) is 6.24. The van der Waals surface area contributed by atoms with E-state index >= 15 is 0 Å². The molecule has 13 heavy (non-hydrogen) atoms. The van der Waals surface area contributed by atoms with Crippen LogP contribution in [0.15, 0.2) is 43.0 Å². The minimum absolute atomic E-state index is 0.0484. The van der Waals surface area contributed by atoms with Gasteiger partial charge in [-0.25, -0.2) is 0 Å². The predicted octanol–water partition coefficient (Wildman–Crippen LogP) is 2.74. The van der Waals surface area contributed by atoms with Crippen LogP contribution in [0.3, 0.4) is 0 Å². The maximum atomic E-state index is 11.5. The van der Waals surface area contributed by atoms with Gasteiger partial charge in [-0.1, -0.05) is 36.4 Å². The fraction of sp³-hybridized carbons (Fsp3) is 0.182. The largest absolute Gasteiger partial charge is 0.294 e. The summed E-state index contributed by atoms with van der Waals surface area (Å²) in [6, 6.07) is 9.23. The topological polar surface area (TPSA) is 17.1 Å². The summed E-state index contributed by atoms with van der Waals surface area (Å²) in [6.07, 6.45) is 2.08. The molecule has 1 aromatic carbocycles. The normalized spacial score (nSPS) is 12.1. The molecule has 0 aliphatic rings. The van der Waals surface area contributed by atoms with E-state index < -0.39 is 0 Å². The highest BCUT2D eigenvalue weighted by atomic mass is 32.1. The summed E-state index contributed by atoms with van der Waals surface area (Å²) in [4.78, 5) is 11.5. The van der Waals surface area contributed by atoms with E-state index in [0.29, 0.717) is 6.42 Å². The van der Waals surface area contributed by atoms with Crippen molar-refractivity contribution in [2.45, 2.75) is 11.7 Å². The Balaban J connectivity index is 2.64. The highest BCUT2D eigenvalue weighted by Gasteiger charge is 2.08.